The summed E-state index contributed by atoms with van der Waals surface area (Å²) in [7, 11) is 3.61. The Bertz CT molecular complexity index is 765. The molecule has 3 heterocycles. The molecule has 26 heavy (non-hydrogen) atoms. The number of hydrogen-bond acceptors (Lipinski definition) is 4. The number of morpholine rings is 1. The Balaban J connectivity index is 1.76. The number of nitrogens with zero attached hydrogens (tertiary/aromatic N) is 5. The van der Waals surface area contributed by atoms with Crippen LogP contribution < -0.4 is 4.90 Å². The normalized spacial score (nSPS) is 15.4. The van der Waals surface area contributed by atoms with Gasteiger partial charge in [0.05, 0.1) is 43.6 Å². The molecule has 8 nitrogen and oxygen atoms in total. The van der Waals surface area contributed by atoms with Gasteiger partial charge in [-0.25, -0.2) is 0 Å². The third-order valence-electron chi connectivity index (χ3n) is 4.64. The maximum Gasteiger partial charge on any atom is 0.272 e. The van der Waals surface area contributed by atoms with E-state index in [2.05, 4.69) is 10.2 Å². The second kappa shape index (κ2) is 8.20. The second-order valence-corrected chi connectivity index (χ2v) is 7.14. The quantitative estimate of drug-likeness (QED) is 0.744. The fourth-order valence-corrected chi connectivity index (χ4v) is 3.46. The van der Waals surface area contributed by atoms with E-state index in [1.807, 2.05) is 24.9 Å². The van der Waals surface area contributed by atoms with Crippen LogP contribution in [0.2, 0.25) is 5.02 Å². The summed E-state index contributed by atoms with van der Waals surface area (Å²) in [5.74, 6) is -0.0533. The smallest absolute Gasteiger partial charge is 0.272 e. The molecule has 0 atom stereocenters. The Morgan fingerprint density at radius 2 is 2.08 bits per heavy atom. The van der Waals surface area contributed by atoms with Crippen LogP contribution in [0.5, 0.6) is 0 Å². The molecule has 1 saturated heterocycles. The largest absolute Gasteiger partial charge is 0.370 e. The number of halogens is 1. The van der Waals surface area contributed by atoms with E-state index in [1.54, 1.807) is 22.6 Å². The first kappa shape index (κ1) is 18.9. The lowest BCUT2D eigenvalue weighted by atomic mass is 10.3. The van der Waals surface area contributed by atoms with Gasteiger partial charge in [0.25, 0.3) is 5.91 Å². The zero-order chi connectivity index (χ0) is 18.7. The van der Waals surface area contributed by atoms with Crippen LogP contribution in [-0.2, 0) is 25.4 Å². The molecule has 9 heteroatoms. The number of carbonyl (C=O) groups excluding carboxylic acids is 1. The predicted octanol–water partition coefficient (Wildman–Crippen LogP) is -0.327. The van der Waals surface area contributed by atoms with Gasteiger partial charge < -0.3 is 14.5 Å². The zero-order valence-electron chi connectivity index (χ0n) is 15.5. The van der Waals surface area contributed by atoms with E-state index < -0.39 is 0 Å². The van der Waals surface area contributed by atoms with Crippen molar-refractivity contribution in [2.75, 3.05) is 39.4 Å². The molecule has 142 valence electrons. The van der Waals surface area contributed by atoms with Crippen LogP contribution in [0.25, 0.3) is 0 Å². The lowest BCUT2D eigenvalue weighted by molar-refractivity contribution is -0.907. The summed E-state index contributed by atoms with van der Waals surface area (Å²) in [6, 6.07) is 1.82. The number of ether oxygens (including phenoxy) is 1. The highest BCUT2D eigenvalue weighted by Gasteiger charge is 2.24. The van der Waals surface area contributed by atoms with E-state index in [4.69, 9.17) is 16.3 Å². The number of carbonyl (C=O) groups is 1. The van der Waals surface area contributed by atoms with Crippen LogP contribution in [0.15, 0.2) is 12.3 Å². The molecule has 0 unspecified atom stereocenters. The molecule has 1 aliphatic rings. The lowest BCUT2D eigenvalue weighted by Crippen LogP contribution is -3.14. The molecule has 2 aromatic heterocycles. The summed E-state index contributed by atoms with van der Waals surface area (Å²) in [6.07, 6.45) is 1.75. The monoisotopic (exact) mass is 381 g/mol. The topological polar surface area (TPSA) is 69.6 Å². The summed E-state index contributed by atoms with van der Waals surface area (Å²) in [5.41, 5.74) is 2.11. The van der Waals surface area contributed by atoms with Crippen LogP contribution in [0.3, 0.4) is 0 Å². The number of amides is 1. The molecule has 3 rings (SSSR count). The number of rotatable bonds is 6. The minimum absolute atomic E-state index is 0.0533. The van der Waals surface area contributed by atoms with Crippen molar-refractivity contribution < 1.29 is 14.4 Å². The van der Waals surface area contributed by atoms with Gasteiger partial charge in [-0.05, 0) is 13.0 Å². The average Bonchev–Trinajstić information content (AvgIpc) is 3.11. The third kappa shape index (κ3) is 4.44. The Morgan fingerprint density at radius 1 is 1.35 bits per heavy atom. The van der Waals surface area contributed by atoms with E-state index in [1.165, 1.54) is 4.90 Å². The van der Waals surface area contributed by atoms with Crippen molar-refractivity contribution in [2.24, 2.45) is 14.1 Å². The Kier molecular flexibility index (Phi) is 5.95. The van der Waals surface area contributed by atoms with Crippen molar-refractivity contribution in [3.63, 3.8) is 0 Å². The fourth-order valence-electron chi connectivity index (χ4n) is 3.22. The second-order valence-electron chi connectivity index (χ2n) is 6.73. The van der Waals surface area contributed by atoms with Crippen molar-refractivity contribution in [3.8, 4) is 0 Å². The van der Waals surface area contributed by atoms with Crippen molar-refractivity contribution >= 4 is 17.5 Å². The molecule has 0 aromatic carbocycles. The lowest BCUT2D eigenvalue weighted by Gasteiger charge is -2.27. The van der Waals surface area contributed by atoms with Crippen LogP contribution in [0, 0.1) is 6.92 Å². The van der Waals surface area contributed by atoms with Gasteiger partial charge in [-0.15, -0.1) is 0 Å². The summed E-state index contributed by atoms with van der Waals surface area (Å²) in [6.45, 7) is 7.25. The summed E-state index contributed by atoms with van der Waals surface area (Å²) in [5, 5.41) is 9.26. The zero-order valence-corrected chi connectivity index (χ0v) is 16.3. The highest BCUT2D eigenvalue weighted by atomic mass is 35.5. The van der Waals surface area contributed by atoms with Gasteiger partial charge in [0.2, 0.25) is 0 Å². The highest BCUT2D eigenvalue weighted by molar-refractivity contribution is 6.31. The Hall–Kier alpha value is -1.90. The molecule has 0 spiro atoms. The number of quaternary nitrogens is 1. The molecule has 0 saturated carbocycles. The predicted molar refractivity (Wildman–Crippen MR) is 97.3 cm³/mol. The number of nitrogens with one attached hydrogen (secondary N) is 1. The van der Waals surface area contributed by atoms with Crippen molar-refractivity contribution in [2.45, 2.75) is 13.5 Å². The van der Waals surface area contributed by atoms with E-state index in [9.17, 15) is 4.79 Å². The van der Waals surface area contributed by atoms with Gasteiger partial charge in [0.15, 0.2) is 0 Å². The maximum absolute atomic E-state index is 13.1. The average molecular weight is 382 g/mol. The summed E-state index contributed by atoms with van der Waals surface area (Å²) in [4.78, 5) is 16.4. The summed E-state index contributed by atoms with van der Waals surface area (Å²) < 4.78 is 8.71. The van der Waals surface area contributed by atoms with Gasteiger partial charge in [0.1, 0.15) is 24.5 Å². The molecule has 1 aliphatic heterocycles. The fraction of sp³-hybridized carbons (Fsp3) is 0.588. The SMILES string of the molecule is Cc1cc(C(=O)N(CC[NH+]2CCOCC2)Cc2nn(C)cc2Cl)n(C)n1. The van der Waals surface area contributed by atoms with Gasteiger partial charge >= 0.3 is 0 Å². The molecular formula is C17H26ClN6O2+. The van der Waals surface area contributed by atoms with Crippen LogP contribution in [0.4, 0.5) is 0 Å². The van der Waals surface area contributed by atoms with Gasteiger partial charge in [-0.2, -0.15) is 10.2 Å². The third-order valence-corrected chi connectivity index (χ3v) is 4.95. The van der Waals surface area contributed by atoms with Gasteiger partial charge in [-0.3, -0.25) is 14.2 Å². The summed E-state index contributed by atoms with van der Waals surface area (Å²) >= 11 is 6.26. The van der Waals surface area contributed by atoms with Crippen molar-refractivity contribution in [3.05, 3.63) is 34.4 Å². The van der Waals surface area contributed by atoms with Crippen molar-refractivity contribution in [1.82, 2.24) is 24.5 Å². The first-order valence-corrected chi connectivity index (χ1v) is 9.21. The van der Waals surface area contributed by atoms with Gasteiger partial charge in [0, 0.05) is 20.3 Å². The van der Waals surface area contributed by atoms with Crippen LogP contribution in [0.1, 0.15) is 21.9 Å². The highest BCUT2D eigenvalue weighted by Crippen LogP contribution is 2.17. The van der Waals surface area contributed by atoms with Crippen LogP contribution >= 0.6 is 11.6 Å². The van der Waals surface area contributed by atoms with E-state index >= 15 is 0 Å². The molecule has 0 bridgehead atoms. The minimum Gasteiger partial charge on any atom is -0.370 e. The molecule has 2 aromatic rings. The molecule has 1 amide bonds. The number of aromatic nitrogens is 4. The first-order valence-electron chi connectivity index (χ1n) is 8.83. The molecule has 0 aliphatic carbocycles. The standard InChI is InChI=1S/C17H25ClN6O2/c1-13-10-16(22(3)19-13)17(25)24(5-4-23-6-8-26-9-7-23)12-15-14(18)11-21(2)20-15/h10-11H,4-9,12H2,1-3H3/p+1. The van der Waals surface area contributed by atoms with Crippen molar-refractivity contribution in [1.29, 1.82) is 0 Å². The van der Waals surface area contributed by atoms with Gasteiger partial charge in [-0.1, -0.05) is 11.6 Å². The first-order chi connectivity index (χ1) is 12.4. The molecule has 1 N–H and O–H groups in total. The molecule has 1 fully saturated rings. The Labute approximate surface area is 158 Å². The van der Waals surface area contributed by atoms with E-state index in [0.29, 0.717) is 29.5 Å². The van der Waals surface area contributed by atoms with E-state index in [0.717, 1.165) is 38.5 Å². The molecular weight excluding hydrogens is 356 g/mol. The maximum atomic E-state index is 13.1. The molecule has 0 radical (unpaired) electrons. The Morgan fingerprint density at radius 3 is 2.65 bits per heavy atom. The number of aryl methyl sites for hydroxylation is 3. The van der Waals surface area contributed by atoms with Crippen LogP contribution in [-0.4, -0.2) is 69.8 Å². The van der Waals surface area contributed by atoms with E-state index in [-0.39, 0.29) is 5.91 Å². The minimum atomic E-state index is -0.0533. The number of hydrogen-bond donors (Lipinski definition) is 1.